The number of amides is 2. The van der Waals surface area contributed by atoms with Crippen molar-refractivity contribution in [1.29, 1.82) is 0 Å². The topological polar surface area (TPSA) is 95.9 Å². The molecule has 2 amide bonds. The predicted octanol–water partition coefficient (Wildman–Crippen LogP) is 4.06. The van der Waals surface area contributed by atoms with Gasteiger partial charge in [0.05, 0.1) is 18.2 Å². The second kappa shape index (κ2) is 9.04. The van der Waals surface area contributed by atoms with E-state index in [1.165, 1.54) is 17.0 Å². The Bertz CT molecular complexity index is 912. The van der Waals surface area contributed by atoms with Crippen LogP contribution in [0.2, 0.25) is 0 Å². The number of urea groups is 1. The van der Waals surface area contributed by atoms with Crippen molar-refractivity contribution < 1.29 is 28.6 Å². The normalized spacial score (nSPS) is 16.3. The van der Waals surface area contributed by atoms with Gasteiger partial charge in [0.25, 0.3) is 0 Å². The fourth-order valence-corrected chi connectivity index (χ4v) is 4.17. The number of nitrogens with one attached hydrogen (secondary N) is 1. The van der Waals surface area contributed by atoms with Crippen molar-refractivity contribution in [1.82, 2.24) is 4.90 Å². The molecule has 2 heterocycles. The van der Waals surface area contributed by atoms with Crippen LogP contribution in [-0.2, 0) is 9.53 Å². The number of piperidine rings is 1. The van der Waals surface area contributed by atoms with Crippen molar-refractivity contribution in [3.05, 3.63) is 41.0 Å². The van der Waals surface area contributed by atoms with Crippen molar-refractivity contribution in [2.24, 2.45) is 5.92 Å². The molecular formula is C20H21FN2O5S. The second-order valence-electron chi connectivity index (χ2n) is 6.63. The van der Waals surface area contributed by atoms with E-state index in [1.54, 1.807) is 25.1 Å². The summed E-state index contributed by atoms with van der Waals surface area (Å²) in [5, 5.41) is 12.1. The number of nitrogens with zero attached hydrogens (tertiary/aromatic N) is 1. The number of carboxylic acids is 1. The summed E-state index contributed by atoms with van der Waals surface area (Å²) in [6.07, 6.45) is 1.31. The van der Waals surface area contributed by atoms with Crippen LogP contribution in [0.25, 0.3) is 10.4 Å². The standard InChI is InChI=1S/C20H21FN2O5S/c1-2-28-19(26)13-4-3-9-23(11-13)20(27)22-15-10-16(29-17(15)18(24)25)12-5-7-14(21)8-6-12/h5-8,10,13H,2-4,9,11H2,1H3,(H,22,27)(H,24,25). The second-order valence-corrected chi connectivity index (χ2v) is 7.69. The van der Waals surface area contributed by atoms with E-state index < -0.39 is 17.8 Å². The van der Waals surface area contributed by atoms with Crippen LogP contribution in [0.1, 0.15) is 29.4 Å². The Morgan fingerprint density at radius 2 is 2.03 bits per heavy atom. The number of ether oxygens (including phenoxy) is 1. The number of carboxylic acid groups (broad SMARTS) is 1. The molecule has 9 heteroatoms. The molecule has 1 aliphatic rings. The first-order chi connectivity index (χ1) is 13.9. The van der Waals surface area contributed by atoms with Gasteiger partial charge in [0, 0.05) is 18.0 Å². The number of esters is 1. The Kier molecular flexibility index (Phi) is 6.48. The van der Waals surface area contributed by atoms with Gasteiger partial charge in [0.15, 0.2) is 0 Å². The van der Waals surface area contributed by atoms with Gasteiger partial charge in [-0.25, -0.2) is 14.0 Å². The first kappa shape index (κ1) is 20.8. The van der Waals surface area contributed by atoms with Crippen molar-refractivity contribution in [2.75, 3.05) is 25.0 Å². The van der Waals surface area contributed by atoms with Gasteiger partial charge in [-0.1, -0.05) is 12.1 Å². The maximum atomic E-state index is 13.1. The summed E-state index contributed by atoms with van der Waals surface area (Å²) in [5.41, 5.74) is 0.824. The summed E-state index contributed by atoms with van der Waals surface area (Å²) in [7, 11) is 0. The van der Waals surface area contributed by atoms with E-state index in [9.17, 15) is 23.9 Å². The molecule has 2 N–H and O–H groups in total. The molecule has 0 spiro atoms. The quantitative estimate of drug-likeness (QED) is 0.711. The number of hydrogen-bond acceptors (Lipinski definition) is 5. The molecule has 1 aromatic carbocycles. The van der Waals surface area contributed by atoms with Gasteiger partial charge in [0.2, 0.25) is 0 Å². The lowest BCUT2D eigenvalue weighted by molar-refractivity contribution is -0.149. The molecule has 0 aliphatic carbocycles. The number of likely N-dealkylation sites (tertiary alicyclic amines) is 1. The monoisotopic (exact) mass is 420 g/mol. The molecule has 0 bridgehead atoms. The summed E-state index contributed by atoms with van der Waals surface area (Å²) in [5.74, 6) is -2.27. The third-order valence-corrected chi connectivity index (χ3v) is 5.80. The number of benzene rings is 1. The molecule has 1 saturated heterocycles. The van der Waals surface area contributed by atoms with E-state index >= 15 is 0 Å². The van der Waals surface area contributed by atoms with Crippen LogP contribution >= 0.6 is 11.3 Å². The largest absolute Gasteiger partial charge is 0.477 e. The van der Waals surface area contributed by atoms with Gasteiger partial charge in [-0.15, -0.1) is 11.3 Å². The molecule has 3 rings (SSSR count). The summed E-state index contributed by atoms with van der Waals surface area (Å²) in [6, 6.07) is 6.77. The molecule has 1 aliphatic heterocycles. The maximum absolute atomic E-state index is 13.1. The lowest BCUT2D eigenvalue weighted by atomic mass is 9.98. The van der Waals surface area contributed by atoms with E-state index in [1.807, 2.05) is 0 Å². The van der Waals surface area contributed by atoms with Gasteiger partial charge in [-0.3, -0.25) is 4.79 Å². The molecule has 0 radical (unpaired) electrons. The van der Waals surface area contributed by atoms with Crippen LogP contribution in [-0.4, -0.2) is 47.7 Å². The smallest absolute Gasteiger partial charge is 0.348 e. The van der Waals surface area contributed by atoms with Crippen molar-refractivity contribution >= 4 is 35.0 Å². The minimum Gasteiger partial charge on any atom is -0.477 e. The molecule has 1 atom stereocenters. The Morgan fingerprint density at radius 3 is 2.69 bits per heavy atom. The number of anilines is 1. The summed E-state index contributed by atoms with van der Waals surface area (Å²) in [6.45, 7) is 2.71. The van der Waals surface area contributed by atoms with Gasteiger partial charge in [-0.2, -0.15) is 0 Å². The highest BCUT2D eigenvalue weighted by Crippen LogP contribution is 2.35. The number of halogens is 1. The SMILES string of the molecule is CCOC(=O)C1CCCN(C(=O)Nc2cc(-c3ccc(F)cc3)sc2C(=O)O)C1. The fourth-order valence-electron chi connectivity index (χ4n) is 3.21. The number of carbonyl (C=O) groups is 3. The molecule has 2 aromatic rings. The number of carbonyl (C=O) groups excluding carboxylic acids is 2. The Labute approximate surface area is 171 Å². The van der Waals surface area contributed by atoms with Crippen molar-refractivity contribution in [2.45, 2.75) is 19.8 Å². The fraction of sp³-hybridized carbons (Fsp3) is 0.350. The minimum atomic E-state index is -1.17. The minimum absolute atomic E-state index is 0.0170. The average Bonchev–Trinajstić information content (AvgIpc) is 3.13. The zero-order valence-corrected chi connectivity index (χ0v) is 16.6. The summed E-state index contributed by atoms with van der Waals surface area (Å²) in [4.78, 5) is 38.3. The summed E-state index contributed by atoms with van der Waals surface area (Å²) < 4.78 is 18.2. The molecule has 7 nitrogen and oxygen atoms in total. The van der Waals surface area contributed by atoms with E-state index in [4.69, 9.17) is 4.74 Å². The first-order valence-electron chi connectivity index (χ1n) is 9.24. The molecule has 1 unspecified atom stereocenters. The van der Waals surface area contributed by atoms with Crippen LogP contribution in [0, 0.1) is 11.7 Å². The highest BCUT2D eigenvalue weighted by Gasteiger charge is 2.30. The zero-order valence-electron chi connectivity index (χ0n) is 15.8. The third kappa shape index (κ3) is 4.92. The number of rotatable bonds is 5. The van der Waals surface area contributed by atoms with Crippen LogP contribution in [0.15, 0.2) is 30.3 Å². The zero-order chi connectivity index (χ0) is 21.0. The lowest BCUT2D eigenvalue weighted by Gasteiger charge is -2.31. The predicted molar refractivity (Wildman–Crippen MR) is 107 cm³/mol. The number of hydrogen-bond donors (Lipinski definition) is 2. The van der Waals surface area contributed by atoms with E-state index in [0.29, 0.717) is 29.8 Å². The first-order valence-corrected chi connectivity index (χ1v) is 10.1. The van der Waals surface area contributed by atoms with Crippen LogP contribution in [0.5, 0.6) is 0 Å². The molecule has 154 valence electrons. The number of aromatic carboxylic acids is 1. The molecule has 29 heavy (non-hydrogen) atoms. The van der Waals surface area contributed by atoms with Crippen LogP contribution in [0.4, 0.5) is 14.9 Å². The maximum Gasteiger partial charge on any atom is 0.348 e. The Morgan fingerprint density at radius 1 is 1.31 bits per heavy atom. The van der Waals surface area contributed by atoms with Gasteiger partial charge in [0.1, 0.15) is 10.7 Å². The molecule has 1 fully saturated rings. The van der Waals surface area contributed by atoms with Crippen molar-refractivity contribution in [3.8, 4) is 10.4 Å². The molecule has 0 saturated carbocycles. The molecule has 1 aromatic heterocycles. The summed E-state index contributed by atoms with van der Waals surface area (Å²) >= 11 is 0.998. The third-order valence-electron chi connectivity index (χ3n) is 4.63. The van der Waals surface area contributed by atoms with Gasteiger partial charge in [-0.05, 0) is 43.5 Å². The average molecular weight is 420 g/mol. The number of thiophene rings is 1. The highest BCUT2D eigenvalue weighted by molar-refractivity contribution is 7.18. The van der Waals surface area contributed by atoms with Crippen LogP contribution in [0.3, 0.4) is 0 Å². The van der Waals surface area contributed by atoms with Gasteiger partial charge < -0.3 is 20.1 Å². The Hall–Kier alpha value is -2.94. The molecular weight excluding hydrogens is 399 g/mol. The highest BCUT2D eigenvalue weighted by atomic mass is 32.1. The lowest BCUT2D eigenvalue weighted by Crippen LogP contribution is -2.44. The van der Waals surface area contributed by atoms with E-state index in [0.717, 1.165) is 11.3 Å². The Balaban J connectivity index is 1.76. The van der Waals surface area contributed by atoms with Gasteiger partial charge >= 0.3 is 18.0 Å². The van der Waals surface area contributed by atoms with Crippen molar-refractivity contribution in [3.63, 3.8) is 0 Å². The van der Waals surface area contributed by atoms with E-state index in [2.05, 4.69) is 5.32 Å². The van der Waals surface area contributed by atoms with Crippen LogP contribution < -0.4 is 5.32 Å². The van der Waals surface area contributed by atoms with E-state index in [-0.39, 0.29) is 35.6 Å².